The van der Waals surface area contributed by atoms with Gasteiger partial charge in [0.15, 0.2) is 0 Å². The van der Waals surface area contributed by atoms with E-state index in [0.29, 0.717) is 19.5 Å². The van der Waals surface area contributed by atoms with Crippen LogP contribution in [0.1, 0.15) is 18.4 Å². The van der Waals surface area contributed by atoms with E-state index in [4.69, 9.17) is 0 Å². The van der Waals surface area contributed by atoms with Crippen molar-refractivity contribution in [3.8, 4) is 0 Å². The predicted octanol–water partition coefficient (Wildman–Crippen LogP) is 3.14. The Kier molecular flexibility index (Phi) is 7.53. The molecule has 1 aliphatic heterocycles. The number of piperidine rings is 1. The first-order valence-electron chi connectivity index (χ1n) is 9.52. The minimum atomic E-state index is -3.54. The van der Waals surface area contributed by atoms with Gasteiger partial charge in [-0.1, -0.05) is 48.5 Å². The van der Waals surface area contributed by atoms with Gasteiger partial charge in [0.25, 0.3) is 0 Å². The minimum Gasteiger partial charge on any atom is -0.355 e. The first kappa shape index (κ1) is 20.9. The van der Waals surface area contributed by atoms with Gasteiger partial charge >= 0.3 is 0 Å². The van der Waals surface area contributed by atoms with Crippen LogP contribution < -0.4 is 5.32 Å². The maximum Gasteiger partial charge on any atom is 0.243 e. The summed E-state index contributed by atoms with van der Waals surface area (Å²) >= 11 is 1.78. The van der Waals surface area contributed by atoms with Crippen molar-refractivity contribution < 1.29 is 13.2 Å². The zero-order valence-electron chi connectivity index (χ0n) is 15.8. The highest BCUT2D eigenvalue weighted by Gasteiger charge is 2.33. The number of carbonyl (C=O) groups excluding carboxylic acids is 1. The Morgan fingerprint density at radius 2 is 1.75 bits per heavy atom. The SMILES string of the molecule is O=C(NCCSCc1ccccc1)[C@@H]1CCCN(S(=O)(=O)c2ccccc2)C1. The number of thioether (sulfide) groups is 1. The van der Waals surface area contributed by atoms with Crippen molar-refractivity contribution in [3.63, 3.8) is 0 Å². The molecule has 0 aliphatic carbocycles. The lowest BCUT2D eigenvalue weighted by Gasteiger charge is -2.31. The van der Waals surface area contributed by atoms with Gasteiger partial charge in [0.2, 0.25) is 15.9 Å². The second-order valence-corrected chi connectivity index (χ2v) is 9.89. The van der Waals surface area contributed by atoms with Crippen molar-refractivity contribution in [2.24, 2.45) is 5.92 Å². The molecular weight excluding hydrogens is 392 g/mol. The molecule has 2 aromatic rings. The Morgan fingerprint density at radius 1 is 1.07 bits per heavy atom. The van der Waals surface area contributed by atoms with Crippen LogP contribution in [0.2, 0.25) is 0 Å². The molecule has 1 heterocycles. The summed E-state index contributed by atoms with van der Waals surface area (Å²) in [6, 6.07) is 18.7. The van der Waals surface area contributed by atoms with E-state index in [9.17, 15) is 13.2 Å². The molecule has 2 aromatic carbocycles. The quantitative estimate of drug-likeness (QED) is 0.669. The van der Waals surface area contributed by atoms with E-state index in [-0.39, 0.29) is 23.3 Å². The number of amides is 1. The Hall–Kier alpha value is -1.83. The highest BCUT2D eigenvalue weighted by Crippen LogP contribution is 2.23. The van der Waals surface area contributed by atoms with Crippen LogP contribution in [0.15, 0.2) is 65.6 Å². The van der Waals surface area contributed by atoms with Crippen molar-refractivity contribution in [2.75, 3.05) is 25.4 Å². The first-order valence-corrected chi connectivity index (χ1v) is 12.1. The topological polar surface area (TPSA) is 66.5 Å². The van der Waals surface area contributed by atoms with Gasteiger partial charge in [-0.15, -0.1) is 0 Å². The average Bonchev–Trinajstić information content (AvgIpc) is 2.75. The third-order valence-electron chi connectivity index (χ3n) is 4.79. The third-order valence-corrected chi connectivity index (χ3v) is 7.70. The van der Waals surface area contributed by atoms with Gasteiger partial charge in [-0.2, -0.15) is 16.1 Å². The molecule has 1 saturated heterocycles. The summed E-state index contributed by atoms with van der Waals surface area (Å²) in [5.74, 6) is 1.42. The maximum atomic E-state index is 12.8. The molecule has 1 amide bonds. The Balaban J connectivity index is 1.45. The van der Waals surface area contributed by atoms with Gasteiger partial charge in [-0.05, 0) is 30.5 Å². The number of hydrogen-bond acceptors (Lipinski definition) is 4. The number of rotatable bonds is 8. The zero-order valence-corrected chi connectivity index (χ0v) is 17.4. The van der Waals surface area contributed by atoms with Crippen LogP contribution in [0, 0.1) is 5.92 Å². The smallest absolute Gasteiger partial charge is 0.243 e. The highest BCUT2D eigenvalue weighted by atomic mass is 32.2. The van der Waals surface area contributed by atoms with Gasteiger partial charge < -0.3 is 5.32 Å². The van der Waals surface area contributed by atoms with E-state index >= 15 is 0 Å². The average molecular weight is 419 g/mol. The van der Waals surface area contributed by atoms with Crippen molar-refractivity contribution >= 4 is 27.7 Å². The second-order valence-electron chi connectivity index (χ2n) is 6.84. The molecule has 0 bridgehead atoms. The van der Waals surface area contributed by atoms with E-state index in [2.05, 4.69) is 17.4 Å². The number of nitrogens with zero attached hydrogens (tertiary/aromatic N) is 1. The van der Waals surface area contributed by atoms with Gasteiger partial charge in [0.05, 0.1) is 10.8 Å². The van der Waals surface area contributed by atoms with Crippen LogP contribution in [0.3, 0.4) is 0 Å². The van der Waals surface area contributed by atoms with Gasteiger partial charge in [0.1, 0.15) is 0 Å². The Bertz CT molecular complexity index is 858. The number of sulfonamides is 1. The summed E-state index contributed by atoms with van der Waals surface area (Å²) in [4.78, 5) is 12.8. The maximum absolute atomic E-state index is 12.8. The van der Waals surface area contributed by atoms with E-state index in [0.717, 1.165) is 17.9 Å². The van der Waals surface area contributed by atoms with E-state index in [1.54, 1.807) is 42.1 Å². The molecule has 1 aliphatic rings. The zero-order chi connectivity index (χ0) is 19.8. The summed E-state index contributed by atoms with van der Waals surface area (Å²) < 4.78 is 27.0. The minimum absolute atomic E-state index is 0.0479. The molecule has 1 atom stereocenters. The molecule has 0 aromatic heterocycles. The fourth-order valence-corrected chi connectivity index (χ4v) is 5.64. The summed E-state index contributed by atoms with van der Waals surface area (Å²) in [7, 11) is -3.54. The lowest BCUT2D eigenvalue weighted by atomic mass is 9.99. The largest absolute Gasteiger partial charge is 0.355 e. The molecule has 28 heavy (non-hydrogen) atoms. The molecule has 3 rings (SSSR count). The molecule has 0 saturated carbocycles. The van der Waals surface area contributed by atoms with Crippen molar-refractivity contribution in [1.82, 2.24) is 9.62 Å². The monoisotopic (exact) mass is 418 g/mol. The highest BCUT2D eigenvalue weighted by molar-refractivity contribution is 7.98. The normalized spacial score (nSPS) is 17.9. The summed E-state index contributed by atoms with van der Waals surface area (Å²) in [6.45, 7) is 1.31. The van der Waals surface area contributed by atoms with E-state index in [1.807, 2.05) is 18.2 Å². The van der Waals surface area contributed by atoms with Crippen molar-refractivity contribution in [3.05, 3.63) is 66.2 Å². The molecule has 1 N–H and O–H groups in total. The van der Waals surface area contributed by atoms with Crippen molar-refractivity contribution in [1.29, 1.82) is 0 Å². The molecule has 1 fully saturated rings. The van der Waals surface area contributed by atoms with Crippen LogP contribution in [0.4, 0.5) is 0 Å². The van der Waals surface area contributed by atoms with Crippen LogP contribution in [0.5, 0.6) is 0 Å². The third kappa shape index (κ3) is 5.59. The standard InChI is InChI=1S/C21H26N2O3S2/c24-21(22-13-15-27-17-18-8-3-1-4-9-18)19-10-7-14-23(16-19)28(25,26)20-11-5-2-6-12-20/h1-6,8-9,11-12,19H,7,10,13-17H2,(H,22,24)/t19-/m1/s1. The summed E-state index contributed by atoms with van der Waals surface area (Å²) in [5.41, 5.74) is 1.27. The molecule has 0 radical (unpaired) electrons. The van der Waals surface area contributed by atoms with Gasteiger partial charge in [0, 0.05) is 31.1 Å². The Morgan fingerprint density at radius 3 is 2.46 bits per heavy atom. The van der Waals surface area contributed by atoms with Gasteiger partial charge in [-0.25, -0.2) is 8.42 Å². The predicted molar refractivity (Wildman–Crippen MR) is 114 cm³/mol. The lowest BCUT2D eigenvalue weighted by molar-refractivity contribution is -0.125. The fraction of sp³-hybridized carbons (Fsp3) is 0.381. The lowest BCUT2D eigenvalue weighted by Crippen LogP contribution is -2.45. The van der Waals surface area contributed by atoms with Crippen LogP contribution >= 0.6 is 11.8 Å². The molecule has 5 nitrogen and oxygen atoms in total. The molecule has 0 unspecified atom stereocenters. The van der Waals surface area contributed by atoms with E-state index < -0.39 is 10.0 Å². The number of carbonyl (C=O) groups is 1. The van der Waals surface area contributed by atoms with Crippen LogP contribution in [0.25, 0.3) is 0 Å². The molecule has 7 heteroatoms. The second kappa shape index (κ2) is 10.1. The number of nitrogens with one attached hydrogen (secondary N) is 1. The summed E-state index contributed by atoms with van der Waals surface area (Å²) in [5, 5.41) is 2.97. The molecular formula is C21H26N2O3S2. The van der Waals surface area contributed by atoms with Crippen LogP contribution in [-0.4, -0.2) is 44.0 Å². The van der Waals surface area contributed by atoms with Crippen LogP contribution in [-0.2, 0) is 20.6 Å². The van der Waals surface area contributed by atoms with Crippen molar-refractivity contribution in [2.45, 2.75) is 23.5 Å². The number of benzene rings is 2. The first-order chi connectivity index (χ1) is 13.6. The summed E-state index contributed by atoms with van der Waals surface area (Å²) in [6.07, 6.45) is 1.43. The molecule has 150 valence electrons. The van der Waals surface area contributed by atoms with Gasteiger partial charge in [-0.3, -0.25) is 4.79 Å². The number of hydrogen-bond donors (Lipinski definition) is 1. The van der Waals surface area contributed by atoms with E-state index in [1.165, 1.54) is 9.87 Å². The Labute approximate surface area is 171 Å². The molecule has 0 spiro atoms. The fourth-order valence-electron chi connectivity index (χ4n) is 3.27.